The zero-order valence-electron chi connectivity index (χ0n) is 23.8. The van der Waals surface area contributed by atoms with Crippen LogP contribution in [0.5, 0.6) is 23.0 Å². The van der Waals surface area contributed by atoms with Crippen molar-refractivity contribution in [3.8, 4) is 23.0 Å². The van der Waals surface area contributed by atoms with Crippen molar-refractivity contribution in [2.24, 2.45) is 0 Å². The number of phenols is 4. The predicted octanol–water partition coefficient (Wildman–Crippen LogP) is 2.14. The van der Waals surface area contributed by atoms with Crippen LogP contribution in [0.25, 0.3) is 0 Å². The molecule has 16 nitrogen and oxygen atoms in total. The van der Waals surface area contributed by atoms with E-state index >= 15 is 0 Å². The Labute approximate surface area is 258 Å². The van der Waals surface area contributed by atoms with Gasteiger partial charge in [-0.2, -0.15) is 8.42 Å². The van der Waals surface area contributed by atoms with Crippen LogP contribution in [0, 0.1) is 15.3 Å². The van der Waals surface area contributed by atoms with Crippen LogP contribution in [0.2, 0.25) is 0 Å². The van der Waals surface area contributed by atoms with E-state index in [1.54, 1.807) is 0 Å². The molecule has 0 heterocycles. The number of hydrogen-bond acceptors (Lipinski definition) is 13. The second-order valence-electron chi connectivity index (χ2n) is 10.5. The van der Waals surface area contributed by atoms with Gasteiger partial charge in [0, 0.05) is 56.7 Å². The van der Waals surface area contributed by atoms with E-state index in [2.05, 4.69) is 10.6 Å². The summed E-state index contributed by atoms with van der Waals surface area (Å²) in [6.07, 6.45) is -1.51. The molecule has 0 bridgehead atoms. The quantitative estimate of drug-likeness (QED) is 0.0887. The van der Waals surface area contributed by atoms with Crippen molar-refractivity contribution in [3.05, 3.63) is 62.8 Å². The maximum absolute atomic E-state index is 9.85. The van der Waals surface area contributed by atoms with Crippen LogP contribution in [-0.2, 0) is 30.8 Å². The van der Waals surface area contributed by atoms with Gasteiger partial charge in [-0.1, -0.05) is 0 Å². The van der Waals surface area contributed by atoms with Crippen LogP contribution in [0.4, 0.5) is 0 Å². The van der Waals surface area contributed by atoms with Gasteiger partial charge in [0.05, 0.1) is 17.3 Å². The van der Waals surface area contributed by atoms with Gasteiger partial charge in [-0.05, 0) is 76.9 Å². The molecule has 2 rings (SSSR count). The normalized spacial score (nSPS) is 12.4. The molecular formula is C24H40N3O13PdS-. The summed E-state index contributed by atoms with van der Waals surface area (Å²) in [5, 5.41) is 77.9. The van der Waals surface area contributed by atoms with Crippen molar-refractivity contribution in [2.75, 3.05) is 13.1 Å². The Morgan fingerprint density at radius 2 is 0.881 bits per heavy atom. The van der Waals surface area contributed by atoms with Crippen molar-refractivity contribution in [1.82, 2.24) is 10.6 Å². The molecule has 246 valence electrons. The van der Waals surface area contributed by atoms with Gasteiger partial charge in [0.2, 0.25) is 0 Å². The number of aromatic hydroxyl groups is 4. The fourth-order valence-corrected chi connectivity index (χ4v) is 2.66. The second-order valence-corrected chi connectivity index (χ2v) is 11.4. The summed E-state index contributed by atoms with van der Waals surface area (Å²) < 4.78 is 31.6. The Kier molecular flexibility index (Phi) is 20.2. The maximum atomic E-state index is 9.85. The third-order valence-electron chi connectivity index (χ3n) is 4.27. The van der Waals surface area contributed by atoms with Gasteiger partial charge in [0.15, 0.2) is 0 Å². The number of nitrogens with one attached hydrogen (secondary N) is 2. The molecule has 0 radical (unpaired) electrons. The second kappa shape index (κ2) is 19.4. The third-order valence-corrected chi connectivity index (χ3v) is 4.27. The fraction of sp³-hybridized carbons (Fsp3) is 0.500. The number of aliphatic hydroxyl groups is 2. The average molecular weight is 717 g/mol. The van der Waals surface area contributed by atoms with Gasteiger partial charge >= 0.3 is 10.4 Å². The van der Waals surface area contributed by atoms with E-state index < -0.39 is 27.7 Å². The summed E-state index contributed by atoms with van der Waals surface area (Å²) in [6.45, 7) is 12.7. The average Bonchev–Trinajstić information content (AvgIpc) is 2.72. The molecule has 0 saturated carbocycles. The van der Waals surface area contributed by atoms with E-state index in [0.717, 1.165) is 0 Å². The summed E-state index contributed by atoms with van der Waals surface area (Å²) in [4.78, 5) is 8.25. The zero-order valence-corrected chi connectivity index (χ0v) is 26.2. The van der Waals surface area contributed by atoms with E-state index in [4.69, 9.17) is 32.8 Å². The number of aliphatic hydroxyl groups excluding tert-OH is 2. The van der Waals surface area contributed by atoms with Gasteiger partial charge in [-0.15, -0.1) is 0 Å². The molecule has 2 unspecified atom stereocenters. The SMILES string of the molecule is CC(C)(C)NCC(O)c1cc(O)cc(O)c1.CC(C)(C)NCC(O)c1cc(O)cc(O)c1.O=S(=O)(O)O.O=[N+]([O-])[O-].[Pd]. The van der Waals surface area contributed by atoms with Crippen LogP contribution in [0.15, 0.2) is 36.4 Å². The van der Waals surface area contributed by atoms with Crippen molar-refractivity contribution in [3.63, 3.8) is 0 Å². The summed E-state index contributed by atoms with van der Waals surface area (Å²) in [7, 11) is -4.67. The Hall–Kier alpha value is -2.79. The van der Waals surface area contributed by atoms with E-state index in [-0.39, 0.29) is 54.5 Å². The number of hydrogen-bond donors (Lipinski definition) is 10. The molecular weight excluding hydrogens is 677 g/mol. The van der Waals surface area contributed by atoms with Gasteiger partial charge in [-0.3, -0.25) is 9.11 Å². The number of β-amino-alcohol motifs (C(OH)–C–C–N with tert-alkyl or cyclic N) is 2. The standard InChI is InChI=1S/2C12H19NO3.NO3.H2O4S.Pd/c2*1-12(2,3)13-7-11(16)8-4-9(14)6-10(15)5-8;2-1(3)4;1-5(2,3)4;/h2*4-6,11,13-16H,7H2,1-3H3;;(H2,1,2,3,4);/q;;-1;;. The number of rotatable bonds is 6. The van der Waals surface area contributed by atoms with Gasteiger partial charge in [0.25, 0.3) is 0 Å². The minimum Gasteiger partial charge on any atom is -0.508 e. The summed E-state index contributed by atoms with van der Waals surface area (Å²) >= 11 is 0. The first-order valence-electron chi connectivity index (χ1n) is 11.7. The molecule has 0 aliphatic rings. The predicted molar refractivity (Wildman–Crippen MR) is 150 cm³/mol. The van der Waals surface area contributed by atoms with Gasteiger partial charge in [0.1, 0.15) is 23.0 Å². The topological polar surface area (TPSA) is 286 Å². The van der Waals surface area contributed by atoms with Crippen molar-refractivity contribution in [1.29, 1.82) is 0 Å². The van der Waals surface area contributed by atoms with Crippen molar-refractivity contribution >= 4 is 10.4 Å². The van der Waals surface area contributed by atoms with Crippen LogP contribution >= 0.6 is 0 Å². The summed E-state index contributed by atoms with van der Waals surface area (Å²) in [5.74, 6) is -0.204. The Morgan fingerprint density at radius 1 is 0.690 bits per heavy atom. The molecule has 0 saturated heterocycles. The Bertz CT molecular complexity index is 1060. The summed E-state index contributed by atoms with van der Waals surface area (Å²) in [5.41, 5.74) is 0.822. The molecule has 0 spiro atoms. The molecule has 0 aliphatic carbocycles. The Balaban J connectivity index is -0.000000553. The van der Waals surface area contributed by atoms with Crippen LogP contribution in [-0.4, -0.2) is 77.4 Å². The monoisotopic (exact) mass is 716 g/mol. The van der Waals surface area contributed by atoms with Crippen LogP contribution in [0.1, 0.15) is 64.9 Å². The first kappa shape index (κ1) is 43.7. The molecule has 2 aromatic rings. The maximum Gasteiger partial charge on any atom is 0.394 e. The van der Waals surface area contributed by atoms with Crippen molar-refractivity contribution < 1.29 is 73.7 Å². The van der Waals surface area contributed by atoms with Crippen LogP contribution in [0.3, 0.4) is 0 Å². The first-order chi connectivity index (χ1) is 18.3. The molecule has 0 aliphatic heterocycles. The third kappa shape index (κ3) is 28.7. The smallest absolute Gasteiger partial charge is 0.394 e. The molecule has 0 aromatic heterocycles. The minimum atomic E-state index is -4.67. The van der Waals surface area contributed by atoms with E-state index in [9.17, 15) is 30.6 Å². The molecule has 10 N–H and O–H groups in total. The summed E-state index contributed by atoms with van der Waals surface area (Å²) in [6, 6.07) is 8.22. The number of nitrogens with zero attached hydrogens (tertiary/aromatic N) is 1. The zero-order chi connectivity index (χ0) is 32.8. The molecule has 2 atom stereocenters. The fourth-order valence-electron chi connectivity index (χ4n) is 2.66. The largest absolute Gasteiger partial charge is 0.508 e. The van der Waals surface area contributed by atoms with Crippen LogP contribution < -0.4 is 10.6 Å². The molecule has 0 amide bonds. The van der Waals surface area contributed by atoms with E-state index in [1.807, 2.05) is 41.5 Å². The van der Waals surface area contributed by atoms with Crippen molar-refractivity contribution in [2.45, 2.75) is 64.8 Å². The molecule has 0 fully saturated rings. The molecule has 42 heavy (non-hydrogen) atoms. The Morgan fingerprint density at radius 3 is 1.05 bits per heavy atom. The minimum absolute atomic E-state index is 0. The molecule has 2 aromatic carbocycles. The van der Waals surface area contributed by atoms with Gasteiger partial charge in [-0.25, -0.2) is 0 Å². The van der Waals surface area contributed by atoms with E-state index in [1.165, 1.54) is 36.4 Å². The first-order valence-corrected chi connectivity index (χ1v) is 13.1. The number of phenolic OH excluding ortho intramolecular Hbond substituents is 4. The molecule has 18 heteroatoms. The van der Waals surface area contributed by atoms with E-state index in [0.29, 0.717) is 24.2 Å². The number of benzene rings is 2. The van der Waals surface area contributed by atoms with Gasteiger partial charge < -0.3 is 56.6 Å².